The van der Waals surface area contributed by atoms with Gasteiger partial charge in [0.05, 0.1) is 10.6 Å². The van der Waals surface area contributed by atoms with Crippen molar-refractivity contribution in [3.63, 3.8) is 0 Å². The minimum Gasteiger partial charge on any atom is -0.311 e. The van der Waals surface area contributed by atoms with Gasteiger partial charge in [-0.1, -0.05) is 34.8 Å². The van der Waals surface area contributed by atoms with Crippen LogP contribution in [-0.2, 0) is 3.92 Å². The third kappa shape index (κ3) is 2.58. The smallest absolute Gasteiger partial charge is 0.311 e. The number of aromatic nitrogens is 2. The first kappa shape index (κ1) is 14.6. The SMILES string of the molecule is O=c1on(-c2ccc([N+](=O)[O-])cc2)c(=O)n1C(Cl)(Cl)Cl. The van der Waals surface area contributed by atoms with Crippen molar-refractivity contribution in [3.05, 3.63) is 55.4 Å². The molecule has 106 valence electrons. The zero-order chi connectivity index (χ0) is 15.1. The highest BCUT2D eigenvalue weighted by molar-refractivity contribution is 6.64. The molecular formula is C9H4Cl3N3O5. The Kier molecular flexibility index (Phi) is 3.63. The van der Waals surface area contributed by atoms with Gasteiger partial charge in [-0.15, -0.1) is 4.74 Å². The van der Waals surface area contributed by atoms with Crippen molar-refractivity contribution in [1.82, 2.24) is 9.31 Å². The van der Waals surface area contributed by atoms with Gasteiger partial charge in [0.2, 0.25) is 0 Å². The number of hydrogen-bond acceptors (Lipinski definition) is 5. The van der Waals surface area contributed by atoms with Crippen LogP contribution in [0, 0.1) is 10.1 Å². The lowest BCUT2D eigenvalue weighted by Crippen LogP contribution is -2.35. The Hall–Kier alpha value is -1.77. The van der Waals surface area contributed by atoms with E-state index in [1.165, 1.54) is 12.1 Å². The van der Waals surface area contributed by atoms with Crippen molar-refractivity contribution in [3.8, 4) is 5.69 Å². The second kappa shape index (κ2) is 4.97. The fraction of sp³-hybridized carbons (Fsp3) is 0.111. The molecule has 1 aromatic carbocycles. The van der Waals surface area contributed by atoms with Crippen molar-refractivity contribution in [2.24, 2.45) is 0 Å². The average Bonchev–Trinajstić information content (AvgIpc) is 2.64. The van der Waals surface area contributed by atoms with Crippen LogP contribution in [0.15, 0.2) is 38.4 Å². The highest BCUT2D eigenvalue weighted by Crippen LogP contribution is 2.29. The molecule has 0 spiro atoms. The number of nitrogens with zero attached hydrogens (tertiary/aromatic N) is 3. The van der Waals surface area contributed by atoms with E-state index >= 15 is 0 Å². The standard InChI is InChI=1S/C9H4Cl3N3O5/c10-9(11,12)13-7(16)14(20-8(13)17)5-1-3-6(4-2-5)15(18)19/h1-4H. The van der Waals surface area contributed by atoms with Crippen molar-refractivity contribution in [2.45, 2.75) is 3.92 Å². The summed E-state index contributed by atoms with van der Waals surface area (Å²) in [7, 11) is 0. The first-order chi connectivity index (χ1) is 9.21. The predicted molar refractivity (Wildman–Crippen MR) is 70.8 cm³/mol. The van der Waals surface area contributed by atoms with Gasteiger partial charge < -0.3 is 4.52 Å². The average molecular weight is 341 g/mol. The summed E-state index contributed by atoms with van der Waals surface area (Å²) in [6.07, 6.45) is 0. The molecule has 20 heavy (non-hydrogen) atoms. The Balaban J connectivity index is 2.58. The molecule has 0 saturated carbocycles. The number of non-ortho nitro benzene ring substituents is 1. The van der Waals surface area contributed by atoms with Crippen LogP contribution in [0.25, 0.3) is 5.69 Å². The minimum absolute atomic E-state index is 0.0747. The van der Waals surface area contributed by atoms with E-state index in [1.54, 1.807) is 0 Å². The van der Waals surface area contributed by atoms with E-state index in [1.807, 2.05) is 0 Å². The first-order valence-corrected chi connectivity index (χ1v) is 6.02. The Bertz CT molecular complexity index is 768. The lowest BCUT2D eigenvalue weighted by atomic mass is 10.3. The van der Waals surface area contributed by atoms with E-state index in [0.29, 0.717) is 4.74 Å². The minimum atomic E-state index is -2.30. The molecule has 11 heteroatoms. The Morgan fingerprint density at radius 1 is 1.15 bits per heavy atom. The lowest BCUT2D eigenvalue weighted by Gasteiger charge is -2.06. The number of hydrogen-bond donors (Lipinski definition) is 0. The summed E-state index contributed by atoms with van der Waals surface area (Å²) in [6, 6.07) is 4.69. The summed E-state index contributed by atoms with van der Waals surface area (Å²) >= 11 is 16.4. The van der Waals surface area contributed by atoms with Crippen molar-refractivity contribution in [2.75, 3.05) is 0 Å². The van der Waals surface area contributed by atoms with Crippen LogP contribution in [0.3, 0.4) is 0 Å². The van der Waals surface area contributed by atoms with E-state index < -0.39 is 20.3 Å². The highest BCUT2D eigenvalue weighted by Gasteiger charge is 2.31. The van der Waals surface area contributed by atoms with Crippen LogP contribution < -0.4 is 11.4 Å². The molecule has 0 N–H and O–H groups in total. The fourth-order valence-corrected chi connectivity index (χ4v) is 1.84. The maximum absolute atomic E-state index is 11.9. The normalized spacial score (nSPS) is 11.6. The second-order valence-corrected chi connectivity index (χ2v) is 5.73. The molecule has 0 bridgehead atoms. The summed E-state index contributed by atoms with van der Waals surface area (Å²) in [5, 5.41) is 10.5. The third-order valence-electron chi connectivity index (χ3n) is 2.27. The topological polar surface area (TPSA) is 100 Å². The van der Waals surface area contributed by atoms with E-state index in [-0.39, 0.29) is 15.9 Å². The molecule has 2 aromatic rings. The van der Waals surface area contributed by atoms with Crippen LogP contribution in [0.2, 0.25) is 0 Å². The van der Waals surface area contributed by atoms with Gasteiger partial charge in [-0.3, -0.25) is 10.1 Å². The summed E-state index contributed by atoms with van der Waals surface area (Å²) in [5.74, 6) is -1.17. The van der Waals surface area contributed by atoms with E-state index in [9.17, 15) is 19.7 Å². The summed E-state index contributed by atoms with van der Waals surface area (Å²) in [5.41, 5.74) is -1.14. The lowest BCUT2D eigenvalue weighted by molar-refractivity contribution is -0.384. The van der Waals surface area contributed by atoms with E-state index in [0.717, 1.165) is 12.1 Å². The van der Waals surface area contributed by atoms with Gasteiger partial charge in [0.1, 0.15) is 0 Å². The van der Waals surface area contributed by atoms with Crippen LogP contribution in [-0.4, -0.2) is 14.2 Å². The number of benzene rings is 1. The number of rotatable bonds is 2. The van der Waals surface area contributed by atoms with Crippen LogP contribution in [0.4, 0.5) is 5.69 Å². The zero-order valence-corrected chi connectivity index (χ0v) is 11.6. The van der Waals surface area contributed by atoms with Gasteiger partial charge in [-0.25, -0.2) is 9.59 Å². The number of halogens is 3. The van der Waals surface area contributed by atoms with Crippen molar-refractivity contribution >= 4 is 40.5 Å². The second-order valence-electron chi connectivity index (χ2n) is 3.51. The highest BCUT2D eigenvalue weighted by atomic mass is 35.6. The third-order valence-corrected chi connectivity index (χ3v) is 2.77. The Labute approximate surface area is 124 Å². The molecule has 0 saturated heterocycles. The molecule has 1 heterocycles. The van der Waals surface area contributed by atoms with Gasteiger partial charge in [0.15, 0.2) is 0 Å². The maximum atomic E-state index is 11.9. The molecule has 1 aromatic heterocycles. The predicted octanol–water partition coefficient (Wildman–Crippen LogP) is 1.78. The molecule has 0 unspecified atom stereocenters. The van der Waals surface area contributed by atoms with Crippen LogP contribution >= 0.6 is 34.8 Å². The molecule has 0 aliphatic heterocycles. The van der Waals surface area contributed by atoms with Gasteiger partial charge in [-0.2, -0.15) is 4.57 Å². The molecule has 0 atom stereocenters. The van der Waals surface area contributed by atoms with Crippen LogP contribution in [0.5, 0.6) is 0 Å². The number of nitro benzene ring substituents is 1. The Morgan fingerprint density at radius 2 is 1.70 bits per heavy atom. The molecule has 0 amide bonds. The zero-order valence-electron chi connectivity index (χ0n) is 9.33. The van der Waals surface area contributed by atoms with Gasteiger partial charge >= 0.3 is 11.4 Å². The first-order valence-electron chi connectivity index (χ1n) is 4.89. The quantitative estimate of drug-likeness (QED) is 0.471. The molecule has 0 fully saturated rings. The van der Waals surface area contributed by atoms with Crippen molar-refractivity contribution in [1.29, 1.82) is 0 Å². The molecule has 0 aliphatic carbocycles. The molecule has 2 rings (SSSR count). The number of alkyl halides is 3. The molecule has 0 radical (unpaired) electrons. The van der Waals surface area contributed by atoms with Crippen molar-refractivity contribution < 1.29 is 9.45 Å². The van der Waals surface area contributed by atoms with Gasteiger partial charge in [0.25, 0.3) is 9.60 Å². The van der Waals surface area contributed by atoms with Gasteiger partial charge in [0, 0.05) is 12.1 Å². The molecule has 8 nitrogen and oxygen atoms in total. The summed E-state index contributed by atoms with van der Waals surface area (Å²) in [6.45, 7) is 0. The fourth-order valence-electron chi connectivity index (χ4n) is 1.41. The Morgan fingerprint density at radius 3 is 2.10 bits per heavy atom. The molecule has 0 aliphatic rings. The largest absolute Gasteiger partial charge is 0.446 e. The monoisotopic (exact) mass is 339 g/mol. The van der Waals surface area contributed by atoms with E-state index in [2.05, 4.69) is 4.52 Å². The van der Waals surface area contributed by atoms with Crippen LogP contribution in [0.1, 0.15) is 0 Å². The van der Waals surface area contributed by atoms with E-state index in [4.69, 9.17) is 34.8 Å². The summed E-state index contributed by atoms with van der Waals surface area (Å²) in [4.78, 5) is 33.3. The summed E-state index contributed by atoms with van der Waals surface area (Å²) < 4.78 is 3.19. The maximum Gasteiger partial charge on any atom is 0.446 e. The van der Waals surface area contributed by atoms with Gasteiger partial charge in [-0.05, 0) is 12.1 Å². The number of nitro groups is 1. The molecular weight excluding hydrogens is 336 g/mol.